The van der Waals surface area contributed by atoms with Gasteiger partial charge in [0.25, 0.3) is 5.91 Å². The molecule has 0 saturated heterocycles. The topological polar surface area (TPSA) is 92.8 Å². The number of carbonyl (C=O) groups excluding carboxylic acids is 2. The number of amides is 1. The first-order valence-electron chi connectivity index (χ1n) is 9.17. The summed E-state index contributed by atoms with van der Waals surface area (Å²) in [5.41, 5.74) is 0.0867. The Kier molecular flexibility index (Phi) is 7.00. The van der Waals surface area contributed by atoms with Gasteiger partial charge in [0, 0.05) is 20.1 Å². The SMILES string of the molecule is C[C@@H]1CCCC[C@@H]1NC(=O)[C@@H](C)OC(=O)c1cccc(S(=O)(=O)N(C)C)c1. The summed E-state index contributed by atoms with van der Waals surface area (Å²) in [7, 11) is -0.825. The molecular formula is C19H28N2O5S. The van der Waals surface area contributed by atoms with Crippen molar-refractivity contribution in [3.63, 3.8) is 0 Å². The Morgan fingerprint density at radius 1 is 1.22 bits per heavy atom. The Balaban J connectivity index is 2.03. The van der Waals surface area contributed by atoms with E-state index in [0.29, 0.717) is 5.92 Å². The molecule has 0 bridgehead atoms. The number of hydrogen-bond donors (Lipinski definition) is 1. The zero-order chi connectivity index (χ0) is 20.2. The first kappa shape index (κ1) is 21.4. The number of nitrogens with one attached hydrogen (secondary N) is 1. The van der Waals surface area contributed by atoms with Crippen molar-refractivity contribution in [1.82, 2.24) is 9.62 Å². The number of sulfonamides is 1. The Morgan fingerprint density at radius 3 is 2.52 bits per heavy atom. The fourth-order valence-corrected chi connectivity index (χ4v) is 4.06. The van der Waals surface area contributed by atoms with Crippen molar-refractivity contribution in [1.29, 1.82) is 0 Å². The summed E-state index contributed by atoms with van der Waals surface area (Å²) in [6.45, 7) is 3.62. The van der Waals surface area contributed by atoms with Crippen molar-refractivity contribution >= 4 is 21.9 Å². The molecule has 0 aromatic heterocycles. The molecule has 1 fully saturated rings. The van der Waals surface area contributed by atoms with Crippen molar-refractivity contribution < 1.29 is 22.7 Å². The van der Waals surface area contributed by atoms with Crippen LogP contribution in [0, 0.1) is 5.92 Å². The van der Waals surface area contributed by atoms with E-state index in [1.54, 1.807) is 0 Å². The zero-order valence-electron chi connectivity index (χ0n) is 16.3. The van der Waals surface area contributed by atoms with E-state index in [-0.39, 0.29) is 22.4 Å². The van der Waals surface area contributed by atoms with Gasteiger partial charge in [-0.2, -0.15) is 0 Å². The first-order valence-corrected chi connectivity index (χ1v) is 10.6. The number of esters is 1. The van der Waals surface area contributed by atoms with Crippen LogP contribution in [-0.2, 0) is 19.6 Å². The molecule has 1 saturated carbocycles. The van der Waals surface area contributed by atoms with Gasteiger partial charge in [0.05, 0.1) is 10.5 Å². The van der Waals surface area contributed by atoms with Crippen LogP contribution in [-0.4, -0.2) is 50.8 Å². The maximum atomic E-state index is 12.4. The van der Waals surface area contributed by atoms with Crippen LogP contribution >= 0.6 is 0 Å². The highest BCUT2D eigenvalue weighted by atomic mass is 32.2. The predicted molar refractivity (Wildman–Crippen MR) is 102 cm³/mol. The summed E-state index contributed by atoms with van der Waals surface area (Å²) in [5, 5.41) is 2.96. The lowest BCUT2D eigenvalue weighted by Crippen LogP contribution is -2.46. The molecule has 1 N–H and O–H groups in total. The summed E-state index contributed by atoms with van der Waals surface area (Å²) in [6.07, 6.45) is 3.30. The Morgan fingerprint density at radius 2 is 1.89 bits per heavy atom. The van der Waals surface area contributed by atoms with Gasteiger partial charge in [-0.05, 0) is 43.9 Å². The van der Waals surface area contributed by atoms with E-state index >= 15 is 0 Å². The van der Waals surface area contributed by atoms with Crippen LogP contribution in [0.15, 0.2) is 29.2 Å². The smallest absolute Gasteiger partial charge is 0.338 e. The molecule has 0 heterocycles. The van der Waals surface area contributed by atoms with Gasteiger partial charge in [0.15, 0.2) is 6.10 Å². The quantitative estimate of drug-likeness (QED) is 0.744. The second kappa shape index (κ2) is 8.84. The van der Waals surface area contributed by atoms with E-state index in [0.717, 1.165) is 23.6 Å². The summed E-state index contributed by atoms with van der Waals surface area (Å²) < 4.78 is 30.7. The molecule has 1 aromatic rings. The van der Waals surface area contributed by atoms with Gasteiger partial charge in [-0.1, -0.05) is 25.8 Å². The number of nitrogens with zero attached hydrogens (tertiary/aromatic N) is 1. The van der Waals surface area contributed by atoms with Crippen LogP contribution < -0.4 is 5.32 Å². The van der Waals surface area contributed by atoms with Crippen LogP contribution in [0.3, 0.4) is 0 Å². The number of ether oxygens (including phenoxy) is 1. The minimum Gasteiger partial charge on any atom is -0.449 e. The third-order valence-corrected chi connectivity index (χ3v) is 6.75. The molecule has 27 heavy (non-hydrogen) atoms. The number of carbonyl (C=O) groups is 2. The molecule has 0 radical (unpaired) electrons. The second-order valence-corrected chi connectivity index (χ2v) is 9.39. The molecule has 1 amide bonds. The lowest BCUT2D eigenvalue weighted by atomic mass is 9.86. The molecule has 0 aliphatic heterocycles. The molecule has 0 unspecified atom stereocenters. The fourth-order valence-electron chi connectivity index (χ4n) is 3.11. The van der Waals surface area contributed by atoms with Gasteiger partial charge < -0.3 is 10.1 Å². The predicted octanol–water partition coefficient (Wildman–Crippen LogP) is 2.18. The van der Waals surface area contributed by atoms with Crippen molar-refractivity contribution in [3.05, 3.63) is 29.8 Å². The third kappa shape index (κ3) is 5.29. The van der Waals surface area contributed by atoms with Crippen LogP contribution in [0.5, 0.6) is 0 Å². The molecule has 8 heteroatoms. The van der Waals surface area contributed by atoms with Crippen molar-refractivity contribution in [2.75, 3.05) is 14.1 Å². The highest BCUT2D eigenvalue weighted by Gasteiger charge is 2.27. The summed E-state index contributed by atoms with van der Waals surface area (Å²) in [5.74, 6) is -0.664. The first-order chi connectivity index (χ1) is 12.6. The van der Waals surface area contributed by atoms with Gasteiger partial charge in [0.2, 0.25) is 10.0 Å². The lowest BCUT2D eigenvalue weighted by Gasteiger charge is -2.30. The van der Waals surface area contributed by atoms with Crippen LogP contribution in [0.25, 0.3) is 0 Å². The van der Waals surface area contributed by atoms with Gasteiger partial charge in [-0.25, -0.2) is 17.5 Å². The molecule has 150 valence electrons. The number of hydrogen-bond acceptors (Lipinski definition) is 5. The Labute approximate surface area is 161 Å². The van der Waals surface area contributed by atoms with E-state index in [1.165, 1.54) is 51.7 Å². The molecular weight excluding hydrogens is 368 g/mol. The molecule has 1 aromatic carbocycles. The van der Waals surface area contributed by atoms with E-state index in [4.69, 9.17) is 4.74 Å². The van der Waals surface area contributed by atoms with E-state index in [2.05, 4.69) is 12.2 Å². The zero-order valence-corrected chi connectivity index (χ0v) is 17.1. The molecule has 2 rings (SSSR count). The van der Waals surface area contributed by atoms with E-state index in [1.807, 2.05) is 0 Å². The molecule has 1 aliphatic rings. The van der Waals surface area contributed by atoms with Crippen molar-refractivity contribution in [2.24, 2.45) is 5.92 Å². The molecule has 0 spiro atoms. The maximum absolute atomic E-state index is 12.4. The minimum absolute atomic E-state index is 0.00455. The monoisotopic (exact) mass is 396 g/mol. The van der Waals surface area contributed by atoms with Crippen molar-refractivity contribution in [2.45, 2.75) is 56.6 Å². The third-order valence-electron chi connectivity index (χ3n) is 4.94. The molecule has 1 aliphatic carbocycles. The standard InChI is InChI=1S/C19H28N2O5S/c1-13-8-5-6-11-17(13)20-18(22)14(2)26-19(23)15-9-7-10-16(12-15)27(24,25)21(3)4/h7,9-10,12-14,17H,5-6,8,11H2,1-4H3,(H,20,22)/t13-,14-,17+/m1/s1. The average molecular weight is 397 g/mol. The van der Waals surface area contributed by atoms with E-state index < -0.39 is 22.1 Å². The Bertz CT molecular complexity index is 791. The van der Waals surface area contributed by atoms with Crippen LogP contribution in [0.4, 0.5) is 0 Å². The highest BCUT2D eigenvalue weighted by Crippen LogP contribution is 2.24. The van der Waals surface area contributed by atoms with Gasteiger partial charge in [-0.3, -0.25) is 4.79 Å². The summed E-state index contributed by atoms with van der Waals surface area (Å²) in [6, 6.07) is 5.70. The largest absolute Gasteiger partial charge is 0.449 e. The van der Waals surface area contributed by atoms with Gasteiger partial charge >= 0.3 is 5.97 Å². The molecule has 7 nitrogen and oxygen atoms in total. The van der Waals surface area contributed by atoms with Crippen molar-refractivity contribution in [3.8, 4) is 0 Å². The van der Waals surface area contributed by atoms with Gasteiger partial charge in [0.1, 0.15) is 0 Å². The van der Waals surface area contributed by atoms with Crippen LogP contribution in [0.2, 0.25) is 0 Å². The Hall–Kier alpha value is -1.93. The summed E-state index contributed by atoms with van der Waals surface area (Å²) >= 11 is 0. The normalized spacial score (nSPS) is 21.5. The minimum atomic E-state index is -3.66. The summed E-state index contributed by atoms with van der Waals surface area (Å²) in [4.78, 5) is 24.7. The lowest BCUT2D eigenvalue weighted by molar-refractivity contribution is -0.130. The fraction of sp³-hybridized carbons (Fsp3) is 0.579. The maximum Gasteiger partial charge on any atom is 0.338 e. The average Bonchev–Trinajstić information content (AvgIpc) is 2.63. The second-order valence-electron chi connectivity index (χ2n) is 7.24. The highest BCUT2D eigenvalue weighted by molar-refractivity contribution is 7.89. The molecule has 3 atom stereocenters. The van der Waals surface area contributed by atoms with Crippen LogP contribution in [0.1, 0.15) is 49.9 Å². The van der Waals surface area contributed by atoms with E-state index in [9.17, 15) is 18.0 Å². The van der Waals surface area contributed by atoms with Gasteiger partial charge in [-0.15, -0.1) is 0 Å². The number of benzene rings is 1. The number of rotatable bonds is 6.